The summed E-state index contributed by atoms with van der Waals surface area (Å²) in [5, 5.41) is 0. The molecule has 0 fully saturated rings. The van der Waals surface area contributed by atoms with E-state index >= 15 is 0 Å². The molecule has 0 radical (unpaired) electrons. The van der Waals surface area contributed by atoms with Crippen LogP contribution in [-0.2, 0) is 26.6 Å². The second-order valence-electron chi connectivity index (χ2n) is 5.82. The third-order valence-electron chi connectivity index (χ3n) is 3.81. The summed E-state index contributed by atoms with van der Waals surface area (Å²) < 4.78 is 52.5. The largest absolute Gasteiger partial charge is 0.273 e. The van der Waals surface area contributed by atoms with Gasteiger partial charge in [-0.25, -0.2) is 21.6 Å². The van der Waals surface area contributed by atoms with Crippen molar-refractivity contribution in [2.75, 3.05) is 17.6 Å². The third-order valence-corrected chi connectivity index (χ3v) is 6.54. The van der Waals surface area contributed by atoms with Crippen molar-refractivity contribution in [3.8, 4) is 0 Å². The van der Waals surface area contributed by atoms with E-state index in [0.717, 1.165) is 16.1 Å². The highest BCUT2D eigenvalue weighted by molar-refractivity contribution is 7.92. The summed E-state index contributed by atoms with van der Waals surface area (Å²) in [6, 6.07) is 6.53. The second kappa shape index (κ2) is 7.11. The molecule has 1 heterocycles. The lowest BCUT2D eigenvalue weighted by Crippen LogP contribution is -2.27. The number of aryl methyl sites for hydroxylation is 2. The number of rotatable bonds is 6. The van der Waals surface area contributed by atoms with Gasteiger partial charge in [0, 0.05) is 26.0 Å². The van der Waals surface area contributed by atoms with Gasteiger partial charge in [-0.15, -0.1) is 0 Å². The highest BCUT2D eigenvalue weighted by atomic mass is 32.2. The zero-order valence-corrected chi connectivity index (χ0v) is 16.1. The molecule has 0 amide bonds. The van der Waals surface area contributed by atoms with Gasteiger partial charge in [-0.1, -0.05) is 12.1 Å². The maximum absolute atomic E-state index is 12.7. The molecule has 1 N–H and O–H groups in total. The Morgan fingerprint density at radius 1 is 1.12 bits per heavy atom. The first kappa shape index (κ1) is 19.4. The van der Waals surface area contributed by atoms with E-state index in [-0.39, 0.29) is 11.4 Å². The van der Waals surface area contributed by atoms with E-state index in [0.29, 0.717) is 16.8 Å². The summed E-state index contributed by atoms with van der Waals surface area (Å²) in [4.78, 5) is 3.99. The van der Waals surface area contributed by atoms with E-state index in [1.165, 1.54) is 13.1 Å². The van der Waals surface area contributed by atoms with Gasteiger partial charge in [-0.05, 0) is 42.7 Å². The molecule has 0 unspecified atom stereocenters. The van der Waals surface area contributed by atoms with Crippen LogP contribution >= 0.6 is 0 Å². The van der Waals surface area contributed by atoms with Gasteiger partial charge >= 0.3 is 0 Å². The molecule has 1 aromatic carbocycles. The molecule has 9 heteroatoms. The van der Waals surface area contributed by atoms with Gasteiger partial charge in [0.15, 0.2) is 0 Å². The van der Waals surface area contributed by atoms with Crippen LogP contribution in [0.5, 0.6) is 0 Å². The van der Waals surface area contributed by atoms with Crippen molar-refractivity contribution >= 4 is 25.7 Å². The van der Waals surface area contributed by atoms with Crippen molar-refractivity contribution < 1.29 is 16.8 Å². The molecule has 0 aliphatic heterocycles. The Morgan fingerprint density at radius 3 is 2.36 bits per heavy atom. The summed E-state index contributed by atoms with van der Waals surface area (Å²) in [6.07, 6.45) is 4.25. The van der Waals surface area contributed by atoms with Crippen LogP contribution in [0.3, 0.4) is 0 Å². The standard InChI is InChI=1S/C16H21N3O4S2/c1-12-8-13(2)16(9-15(12)19(3)24(4,20)21)25(22,23)18-11-14-6-5-7-17-10-14/h5-10,18H,11H2,1-4H3. The van der Waals surface area contributed by atoms with Gasteiger partial charge in [-0.2, -0.15) is 0 Å². The van der Waals surface area contributed by atoms with E-state index in [2.05, 4.69) is 9.71 Å². The molecule has 0 saturated carbocycles. The summed E-state index contributed by atoms with van der Waals surface area (Å²) in [7, 11) is -5.91. The smallest absolute Gasteiger partial charge is 0.241 e. The average Bonchev–Trinajstić information content (AvgIpc) is 2.52. The first-order valence-corrected chi connectivity index (χ1v) is 10.8. The number of benzene rings is 1. The van der Waals surface area contributed by atoms with Crippen molar-refractivity contribution in [2.24, 2.45) is 0 Å². The molecule has 2 rings (SSSR count). The van der Waals surface area contributed by atoms with Gasteiger partial charge < -0.3 is 0 Å². The average molecular weight is 383 g/mol. The van der Waals surface area contributed by atoms with E-state index in [1.807, 2.05) is 0 Å². The van der Waals surface area contributed by atoms with Crippen LogP contribution in [0.4, 0.5) is 5.69 Å². The molecule has 0 aliphatic rings. The minimum atomic E-state index is -3.81. The molecule has 7 nitrogen and oxygen atoms in total. The fourth-order valence-electron chi connectivity index (χ4n) is 2.39. The Morgan fingerprint density at radius 2 is 1.80 bits per heavy atom. The zero-order chi connectivity index (χ0) is 18.8. The summed E-state index contributed by atoms with van der Waals surface area (Å²) >= 11 is 0. The van der Waals surface area contributed by atoms with E-state index in [4.69, 9.17) is 0 Å². The molecular weight excluding hydrogens is 362 g/mol. The molecule has 0 spiro atoms. The number of nitrogens with one attached hydrogen (secondary N) is 1. The second-order valence-corrected chi connectivity index (χ2v) is 9.57. The zero-order valence-electron chi connectivity index (χ0n) is 14.5. The third kappa shape index (κ3) is 4.56. The van der Waals surface area contributed by atoms with Crippen LogP contribution in [-0.4, -0.2) is 35.1 Å². The lowest BCUT2D eigenvalue weighted by Gasteiger charge is -2.21. The molecule has 0 aliphatic carbocycles. The van der Waals surface area contributed by atoms with Crippen molar-refractivity contribution in [3.05, 3.63) is 53.3 Å². The number of hydrogen-bond acceptors (Lipinski definition) is 5. The van der Waals surface area contributed by atoms with Gasteiger partial charge in [-0.3, -0.25) is 9.29 Å². The molecule has 136 valence electrons. The van der Waals surface area contributed by atoms with E-state index < -0.39 is 20.0 Å². The van der Waals surface area contributed by atoms with E-state index in [1.54, 1.807) is 44.4 Å². The topological polar surface area (TPSA) is 96.4 Å². The Balaban J connectivity index is 2.40. The Kier molecular flexibility index (Phi) is 5.50. The molecule has 0 bridgehead atoms. The van der Waals surface area contributed by atoms with Crippen LogP contribution in [0.1, 0.15) is 16.7 Å². The van der Waals surface area contributed by atoms with Gasteiger partial charge in [0.25, 0.3) is 0 Å². The number of aromatic nitrogens is 1. The molecule has 0 saturated heterocycles. The van der Waals surface area contributed by atoms with Crippen LogP contribution in [0.25, 0.3) is 0 Å². The number of sulfonamides is 2. The monoisotopic (exact) mass is 383 g/mol. The van der Waals surface area contributed by atoms with Crippen molar-refractivity contribution in [1.82, 2.24) is 9.71 Å². The number of nitrogens with zero attached hydrogens (tertiary/aromatic N) is 2. The SMILES string of the molecule is Cc1cc(C)c(S(=O)(=O)NCc2cccnc2)cc1N(C)S(C)(=O)=O. The molecule has 1 aromatic heterocycles. The van der Waals surface area contributed by atoms with Crippen molar-refractivity contribution in [1.29, 1.82) is 0 Å². The number of hydrogen-bond donors (Lipinski definition) is 1. The first-order valence-electron chi connectivity index (χ1n) is 7.46. The van der Waals surface area contributed by atoms with Crippen LogP contribution in [0, 0.1) is 13.8 Å². The van der Waals surface area contributed by atoms with Crippen LogP contribution in [0.2, 0.25) is 0 Å². The lowest BCUT2D eigenvalue weighted by atomic mass is 10.1. The summed E-state index contributed by atoms with van der Waals surface area (Å²) in [6.45, 7) is 3.51. The Labute approximate surface area is 148 Å². The van der Waals surface area contributed by atoms with Crippen LogP contribution < -0.4 is 9.03 Å². The highest BCUT2D eigenvalue weighted by Gasteiger charge is 2.22. The minimum absolute atomic E-state index is 0.0486. The first-order chi connectivity index (χ1) is 11.5. The van der Waals surface area contributed by atoms with Gasteiger partial charge in [0.1, 0.15) is 0 Å². The number of pyridine rings is 1. The highest BCUT2D eigenvalue weighted by Crippen LogP contribution is 2.28. The summed E-state index contributed by atoms with van der Waals surface area (Å²) in [5.41, 5.74) is 2.28. The van der Waals surface area contributed by atoms with E-state index in [9.17, 15) is 16.8 Å². The maximum atomic E-state index is 12.7. The van der Waals surface area contributed by atoms with Gasteiger partial charge in [0.05, 0.1) is 16.8 Å². The predicted octanol–water partition coefficient (Wildman–Crippen LogP) is 1.57. The molecular formula is C16H21N3O4S2. The quantitative estimate of drug-likeness (QED) is 0.817. The maximum Gasteiger partial charge on any atom is 0.241 e. The lowest BCUT2D eigenvalue weighted by molar-refractivity contribution is 0.580. The summed E-state index contributed by atoms with van der Waals surface area (Å²) in [5.74, 6) is 0. The molecule has 2 aromatic rings. The van der Waals surface area contributed by atoms with Crippen LogP contribution in [0.15, 0.2) is 41.6 Å². The number of anilines is 1. The molecule has 0 atom stereocenters. The van der Waals surface area contributed by atoms with Crippen molar-refractivity contribution in [3.63, 3.8) is 0 Å². The molecule has 25 heavy (non-hydrogen) atoms. The fraction of sp³-hybridized carbons (Fsp3) is 0.312. The van der Waals surface area contributed by atoms with Crippen molar-refractivity contribution in [2.45, 2.75) is 25.3 Å². The Hall–Kier alpha value is -1.97. The minimum Gasteiger partial charge on any atom is -0.273 e. The Bertz CT molecular complexity index is 972. The van der Waals surface area contributed by atoms with Gasteiger partial charge in [0.2, 0.25) is 20.0 Å². The predicted molar refractivity (Wildman–Crippen MR) is 97.4 cm³/mol. The normalized spacial score (nSPS) is 12.2. The fourth-order valence-corrected chi connectivity index (χ4v) is 4.20.